The van der Waals surface area contributed by atoms with Gasteiger partial charge in [-0.05, 0) is 36.4 Å². The van der Waals surface area contributed by atoms with Gasteiger partial charge in [0.05, 0.1) is 17.7 Å². The topological polar surface area (TPSA) is 92.9 Å². The number of aromatic nitrogens is 1. The second-order valence-corrected chi connectivity index (χ2v) is 7.29. The first-order chi connectivity index (χ1) is 14.0. The zero-order chi connectivity index (χ0) is 20.4. The molecule has 2 heterocycles. The van der Waals surface area contributed by atoms with Crippen molar-refractivity contribution in [2.45, 2.75) is 6.54 Å². The quantitative estimate of drug-likeness (QED) is 0.677. The van der Waals surface area contributed by atoms with E-state index in [1.807, 2.05) is 24.3 Å². The molecule has 2 aromatic carbocycles. The molecular weight excluding hydrogens is 390 g/mol. The lowest BCUT2D eigenvalue weighted by Gasteiger charge is -2.07. The van der Waals surface area contributed by atoms with Crippen molar-refractivity contribution in [1.82, 2.24) is 4.57 Å². The highest BCUT2D eigenvalue weighted by Gasteiger charge is 2.18. The molecule has 0 saturated carbocycles. The van der Waals surface area contributed by atoms with Crippen molar-refractivity contribution in [2.24, 2.45) is 4.99 Å². The minimum Gasteiger partial charge on any atom is -0.497 e. The summed E-state index contributed by atoms with van der Waals surface area (Å²) in [4.78, 5) is 28.9. The van der Waals surface area contributed by atoms with Crippen molar-refractivity contribution in [3.8, 4) is 11.6 Å². The Morgan fingerprint density at radius 3 is 2.76 bits per heavy atom. The molecule has 8 heteroatoms. The Morgan fingerprint density at radius 1 is 1.24 bits per heavy atom. The van der Waals surface area contributed by atoms with Gasteiger partial charge in [-0.3, -0.25) is 19.1 Å². The molecule has 0 bridgehead atoms. The number of nitrogens with one attached hydrogen (secondary N) is 1. The van der Waals surface area contributed by atoms with E-state index in [2.05, 4.69) is 10.3 Å². The van der Waals surface area contributed by atoms with E-state index in [9.17, 15) is 14.7 Å². The fourth-order valence-corrected chi connectivity index (χ4v) is 3.80. The summed E-state index contributed by atoms with van der Waals surface area (Å²) >= 11 is 0.879. The van der Waals surface area contributed by atoms with Gasteiger partial charge in [0, 0.05) is 23.0 Å². The standard InChI is InChI=1S/C21H17N3O4S/c1-28-15-8-6-14(7-9-15)23-19(25)12-24-20(26)18(29-21(24)27)10-13-11-22-17-5-3-2-4-16(13)17/h2-11,26H,12H2,1H3,(H,23,25). The Hall–Kier alpha value is -3.65. The van der Waals surface area contributed by atoms with E-state index in [4.69, 9.17) is 4.74 Å². The SMILES string of the molecule is COc1ccc(NC(=O)Cn2c(O)c(C=C3C=Nc4ccccc43)sc2=O)cc1. The molecule has 4 rings (SSSR count). The van der Waals surface area contributed by atoms with Crippen LogP contribution in [-0.4, -0.2) is 28.9 Å². The summed E-state index contributed by atoms with van der Waals surface area (Å²) in [5.74, 6) is 0.0110. The molecule has 0 fully saturated rings. The normalized spacial score (nSPS) is 13.5. The number of aliphatic imine (C=N–C) groups is 1. The van der Waals surface area contributed by atoms with Crippen LogP contribution in [0.3, 0.4) is 0 Å². The second kappa shape index (κ2) is 7.76. The molecule has 2 N–H and O–H groups in total. The lowest BCUT2D eigenvalue weighted by Crippen LogP contribution is -2.24. The molecule has 0 saturated heterocycles. The predicted octanol–water partition coefficient (Wildman–Crippen LogP) is 3.52. The first-order valence-corrected chi connectivity index (χ1v) is 9.58. The number of methoxy groups -OCH3 is 1. The Balaban J connectivity index is 1.53. The summed E-state index contributed by atoms with van der Waals surface area (Å²) in [5.41, 5.74) is 3.13. The third-order valence-electron chi connectivity index (χ3n) is 4.41. The number of nitrogens with zero attached hydrogens (tertiary/aromatic N) is 2. The Labute approximate surface area is 170 Å². The van der Waals surface area contributed by atoms with Gasteiger partial charge < -0.3 is 15.2 Å². The summed E-state index contributed by atoms with van der Waals surface area (Å²) in [6.45, 7) is -0.291. The molecule has 0 aliphatic carbocycles. The molecule has 0 atom stereocenters. The van der Waals surface area contributed by atoms with Gasteiger partial charge in [-0.2, -0.15) is 0 Å². The number of anilines is 1. The van der Waals surface area contributed by atoms with Gasteiger partial charge in [0.1, 0.15) is 12.3 Å². The molecule has 1 amide bonds. The minimum absolute atomic E-state index is 0.241. The highest BCUT2D eigenvalue weighted by atomic mass is 32.1. The molecule has 1 aromatic heterocycles. The van der Waals surface area contributed by atoms with Crippen LogP contribution in [0.4, 0.5) is 11.4 Å². The number of hydrogen-bond donors (Lipinski definition) is 2. The Bertz CT molecular complexity index is 1190. The van der Waals surface area contributed by atoms with Crippen molar-refractivity contribution in [1.29, 1.82) is 0 Å². The summed E-state index contributed by atoms with van der Waals surface area (Å²) in [5, 5.41) is 13.2. The van der Waals surface area contributed by atoms with Gasteiger partial charge in [0.2, 0.25) is 11.8 Å². The van der Waals surface area contributed by atoms with Gasteiger partial charge in [-0.15, -0.1) is 0 Å². The Kier molecular flexibility index (Phi) is 5.01. The van der Waals surface area contributed by atoms with Crippen LogP contribution in [0.5, 0.6) is 11.6 Å². The van der Waals surface area contributed by atoms with Crippen LogP contribution in [0.2, 0.25) is 0 Å². The first kappa shape index (κ1) is 18.7. The van der Waals surface area contributed by atoms with Gasteiger partial charge in [0.25, 0.3) is 0 Å². The number of thiazole rings is 1. The second-order valence-electron chi connectivity index (χ2n) is 6.29. The lowest BCUT2D eigenvalue weighted by atomic mass is 10.1. The molecule has 1 aliphatic rings. The number of ether oxygens (including phenoxy) is 1. The van der Waals surface area contributed by atoms with Gasteiger partial charge in [-0.25, -0.2) is 0 Å². The number of para-hydroxylation sites is 1. The van der Waals surface area contributed by atoms with Crippen molar-refractivity contribution in [3.63, 3.8) is 0 Å². The van der Waals surface area contributed by atoms with Crippen molar-refractivity contribution in [3.05, 3.63) is 68.6 Å². The summed E-state index contributed by atoms with van der Waals surface area (Å²) in [6.07, 6.45) is 3.39. The average Bonchev–Trinajstić information content (AvgIpc) is 3.25. The summed E-state index contributed by atoms with van der Waals surface area (Å²) < 4.78 is 6.13. The lowest BCUT2D eigenvalue weighted by molar-refractivity contribution is -0.116. The third-order valence-corrected chi connectivity index (χ3v) is 5.33. The van der Waals surface area contributed by atoms with Crippen molar-refractivity contribution in [2.75, 3.05) is 12.4 Å². The number of benzene rings is 2. The summed E-state index contributed by atoms with van der Waals surface area (Å²) in [7, 11) is 1.56. The van der Waals surface area contributed by atoms with E-state index < -0.39 is 10.8 Å². The number of amides is 1. The highest BCUT2D eigenvalue weighted by Crippen LogP contribution is 2.34. The largest absolute Gasteiger partial charge is 0.497 e. The first-order valence-electron chi connectivity index (χ1n) is 8.77. The van der Waals surface area contributed by atoms with Crippen LogP contribution in [0.25, 0.3) is 11.6 Å². The molecule has 0 unspecified atom stereocenters. The molecule has 29 heavy (non-hydrogen) atoms. The van der Waals surface area contributed by atoms with E-state index in [0.717, 1.165) is 32.7 Å². The zero-order valence-corrected chi connectivity index (χ0v) is 16.3. The molecule has 0 spiro atoms. The molecular formula is C21H17N3O4S. The molecule has 1 aliphatic heterocycles. The van der Waals surface area contributed by atoms with Gasteiger partial charge >= 0.3 is 4.87 Å². The van der Waals surface area contributed by atoms with E-state index in [0.29, 0.717) is 16.3 Å². The maximum Gasteiger partial charge on any atom is 0.311 e. The van der Waals surface area contributed by atoms with Crippen LogP contribution in [0.1, 0.15) is 10.4 Å². The predicted molar refractivity (Wildman–Crippen MR) is 114 cm³/mol. The fourth-order valence-electron chi connectivity index (χ4n) is 2.96. The van der Waals surface area contributed by atoms with E-state index in [-0.39, 0.29) is 12.4 Å². The number of rotatable bonds is 5. The number of allylic oxidation sites excluding steroid dienone is 1. The van der Waals surface area contributed by atoms with E-state index in [1.165, 1.54) is 0 Å². The molecule has 0 radical (unpaired) electrons. The number of carbonyl (C=O) groups is 1. The molecule has 3 aromatic rings. The number of hydrogen-bond acceptors (Lipinski definition) is 6. The fraction of sp³-hybridized carbons (Fsp3) is 0.0952. The third kappa shape index (κ3) is 3.83. The summed E-state index contributed by atoms with van der Waals surface area (Å²) in [6, 6.07) is 14.4. The van der Waals surface area contributed by atoms with Gasteiger partial charge in [0.15, 0.2) is 0 Å². The van der Waals surface area contributed by atoms with E-state index in [1.54, 1.807) is 43.7 Å². The van der Waals surface area contributed by atoms with Crippen LogP contribution in [-0.2, 0) is 11.3 Å². The number of aromatic hydroxyl groups is 1. The van der Waals surface area contributed by atoms with E-state index >= 15 is 0 Å². The maximum atomic E-state index is 12.3. The zero-order valence-electron chi connectivity index (χ0n) is 15.5. The van der Waals surface area contributed by atoms with Crippen LogP contribution in [0.15, 0.2) is 58.3 Å². The monoisotopic (exact) mass is 407 g/mol. The van der Waals surface area contributed by atoms with Crippen molar-refractivity contribution >= 4 is 46.5 Å². The highest BCUT2D eigenvalue weighted by molar-refractivity contribution is 7.10. The molecule has 146 valence electrons. The van der Waals surface area contributed by atoms with Crippen LogP contribution < -0.4 is 14.9 Å². The van der Waals surface area contributed by atoms with Crippen molar-refractivity contribution < 1.29 is 14.6 Å². The number of fused-ring (bicyclic) bond motifs is 1. The van der Waals surface area contributed by atoms with Crippen LogP contribution >= 0.6 is 11.3 Å². The van der Waals surface area contributed by atoms with Crippen LogP contribution in [0, 0.1) is 0 Å². The number of carbonyl (C=O) groups excluding carboxylic acids is 1. The average molecular weight is 407 g/mol. The molecule has 7 nitrogen and oxygen atoms in total. The smallest absolute Gasteiger partial charge is 0.311 e. The minimum atomic E-state index is -0.419. The van der Waals surface area contributed by atoms with Gasteiger partial charge in [-0.1, -0.05) is 29.5 Å². The Morgan fingerprint density at radius 2 is 2.00 bits per heavy atom. The maximum absolute atomic E-state index is 12.3.